The Hall–Kier alpha value is -0.520. The van der Waals surface area contributed by atoms with Gasteiger partial charge in [0, 0.05) is 29.8 Å². The maximum absolute atomic E-state index is 9.41. The van der Waals surface area contributed by atoms with E-state index in [2.05, 4.69) is 63.4 Å². The van der Waals surface area contributed by atoms with Crippen molar-refractivity contribution in [2.24, 2.45) is 0 Å². The van der Waals surface area contributed by atoms with Crippen LogP contribution in [0.5, 0.6) is 0 Å². The molecule has 0 aromatic heterocycles. The summed E-state index contributed by atoms with van der Waals surface area (Å²) in [4.78, 5) is 23.3. The fourth-order valence-electron chi connectivity index (χ4n) is 1.90. The quantitative estimate of drug-likeness (QED) is 0.350. The van der Waals surface area contributed by atoms with Gasteiger partial charge in [0.25, 0.3) is 8.53 Å². The summed E-state index contributed by atoms with van der Waals surface area (Å²) in [6, 6.07) is 3.84. The van der Waals surface area contributed by atoms with Crippen LogP contribution in [0.1, 0.15) is 61.8 Å². The zero-order valence-electron chi connectivity index (χ0n) is 16.4. The van der Waals surface area contributed by atoms with Crippen molar-refractivity contribution in [2.45, 2.75) is 86.0 Å². The molecule has 0 aromatic rings. The van der Waals surface area contributed by atoms with E-state index in [1.807, 2.05) is 24.1 Å². The highest BCUT2D eigenvalue weighted by Crippen LogP contribution is 2.27. The van der Waals surface area contributed by atoms with Crippen molar-refractivity contribution in [3.05, 3.63) is 4.95 Å². The van der Waals surface area contributed by atoms with Gasteiger partial charge in [0.05, 0.1) is 0 Å². The minimum Gasteiger partial charge on any atom is -0.337 e. The molecule has 0 unspecified atom stereocenters. The Bertz CT molecular complexity index is 395. The molecule has 0 aromatic carbocycles. The summed E-state index contributed by atoms with van der Waals surface area (Å²) in [5.74, 6) is 0. The van der Waals surface area contributed by atoms with Crippen LogP contribution in [0, 0.1) is 6.07 Å². The summed E-state index contributed by atoms with van der Waals surface area (Å²) >= 11 is 0. The van der Waals surface area contributed by atoms with Gasteiger partial charge in [0.15, 0.2) is 0 Å². The van der Waals surface area contributed by atoms with E-state index in [0.29, 0.717) is 19.0 Å². The molecule has 0 aliphatic rings. The molecule has 142 valence electrons. The van der Waals surface area contributed by atoms with Crippen LogP contribution in [0.4, 0.5) is 0 Å². The molecule has 0 aliphatic heterocycles. The fraction of sp³-hybridized carbons (Fsp3) is 0.933. The van der Waals surface area contributed by atoms with Crippen LogP contribution in [-0.4, -0.2) is 55.5 Å². The number of nitrogens with one attached hydrogen (secondary N) is 2. The summed E-state index contributed by atoms with van der Waals surface area (Å²) in [7, 11) is -2.17. The molecule has 0 radical (unpaired) electrons. The van der Waals surface area contributed by atoms with Gasteiger partial charge < -0.3 is 9.79 Å². The molecule has 0 amide bonds. The van der Waals surface area contributed by atoms with Crippen LogP contribution in [0.15, 0.2) is 0 Å². The predicted molar refractivity (Wildman–Crippen MR) is 100 cm³/mol. The Kier molecular flexibility index (Phi) is 11.7. The van der Waals surface area contributed by atoms with Crippen LogP contribution in [0.25, 0.3) is 4.95 Å². The SMILES string of the molecule is CC(C)NN(C(C)C)N([N+]#CCCN(NC(C)C)P(O)O)C(C)C. The minimum atomic E-state index is -2.17. The van der Waals surface area contributed by atoms with Crippen LogP contribution in [0.3, 0.4) is 0 Å². The van der Waals surface area contributed by atoms with Crippen molar-refractivity contribution in [2.75, 3.05) is 6.54 Å². The van der Waals surface area contributed by atoms with Crippen LogP contribution < -0.4 is 10.9 Å². The van der Waals surface area contributed by atoms with Crippen LogP contribution in [-0.2, 0) is 0 Å². The highest BCUT2D eigenvalue weighted by molar-refractivity contribution is 7.42. The van der Waals surface area contributed by atoms with Gasteiger partial charge in [-0.05, 0) is 55.4 Å². The fourth-order valence-corrected chi connectivity index (χ4v) is 2.52. The third-order valence-corrected chi connectivity index (χ3v) is 3.54. The molecule has 24 heavy (non-hydrogen) atoms. The van der Waals surface area contributed by atoms with Crippen molar-refractivity contribution in [3.63, 3.8) is 0 Å². The van der Waals surface area contributed by atoms with Gasteiger partial charge in [0.2, 0.25) is 0 Å². The molecule has 0 aliphatic carbocycles. The Balaban J connectivity index is 4.86. The number of hydrazine groups is 3. The lowest BCUT2D eigenvalue weighted by atomic mass is 10.3. The van der Waals surface area contributed by atoms with E-state index in [9.17, 15) is 9.79 Å². The molecule has 4 N–H and O–H groups in total. The minimum absolute atomic E-state index is 0.130. The smallest absolute Gasteiger partial charge is 0.322 e. The van der Waals surface area contributed by atoms with E-state index in [4.69, 9.17) is 0 Å². The highest BCUT2D eigenvalue weighted by Gasteiger charge is 2.28. The molecule has 0 saturated carbocycles. The van der Waals surface area contributed by atoms with Crippen molar-refractivity contribution >= 4 is 8.53 Å². The molecular weight excluding hydrogens is 327 g/mol. The zero-order chi connectivity index (χ0) is 18.9. The molecule has 0 atom stereocenters. The molecule has 0 spiro atoms. The Morgan fingerprint density at radius 1 is 0.917 bits per heavy atom. The molecular formula is C15H36N6O2P+. The summed E-state index contributed by atoms with van der Waals surface area (Å²) in [5.41, 5.74) is 6.38. The summed E-state index contributed by atoms with van der Waals surface area (Å²) in [5, 5.41) is 3.86. The van der Waals surface area contributed by atoms with E-state index in [-0.39, 0.29) is 18.1 Å². The average molecular weight is 363 g/mol. The zero-order valence-corrected chi connectivity index (χ0v) is 17.2. The normalized spacial score (nSPS) is 12.2. The third-order valence-electron chi connectivity index (χ3n) is 2.79. The van der Waals surface area contributed by atoms with Gasteiger partial charge in [0.1, 0.15) is 17.4 Å². The summed E-state index contributed by atoms with van der Waals surface area (Å²) in [6.45, 7) is 16.8. The Morgan fingerprint density at radius 3 is 1.83 bits per heavy atom. The standard InChI is InChI=1S/C15H36N6O2P/c1-12(2)17-19(24(22)23)11-9-10-16-20(14(5)6)21(15(7)8)18-13(3)4/h12-15,17-18,22-23H,9,11H2,1-8H3/q+1. The van der Waals surface area contributed by atoms with E-state index < -0.39 is 8.53 Å². The van der Waals surface area contributed by atoms with E-state index in [1.54, 1.807) is 0 Å². The van der Waals surface area contributed by atoms with Crippen LogP contribution >= 0.6 is 8.53 Å². The second-order valence-electron chi connectivity index (χ2n) is 6.82. The molecule has 0 rings (SSSR count). The summed E-state index contributed by atoms with van der Waals surface area (Å²) < 4.78 is 1.43. The van der Waals surface area contributed by atoms with Gasteiger partial charge in [-0.2, -0.15) is 4.78 Å². The maximum Gasteiger partial charge on any atom is 0.322 e. The van der Waals surface area contributed by atoms with E-state index in [1.165, 1.54) is 4.78 Å². The second-order valence-corrected chi connectivity index (χ2v) is 7.84. The lowest BCUT2D eigenvalue weighted by Gasteiger charge is -2.30. The maximum atomic E-state index is 9.41. The molecule has 9 heteroatoms. The van der Waals surface area contributed by atoms with Crippen LogP contribution in [0.2, 0.25) is 0 Å². The van der Waals surface area contributed by atoms with E-state index >= 15 is 0 Å². The van der Waals surface area contributed by atoms with Crippen molar-refractivity contribution in [1.82, 2.24) is 25.9 Å². The lowest BCUT2D eigenvalue weighted by molar-refractivity contribution is -0.0878. The van der Waals surface area contributed by atoms with Crippen molar-refractivity contribution in [1.29, 1.82) is 0 Å². The third kappa shape index (κ3) is 9.70. The molecule has 0 bridgehead atoms. The average Bonchev–Trinajstić information content (AvgIpc) is 2.42. The molecule has 0 saturated heterocycles. The largest absolute Gasteiger partial charge is 0.337 e. The Morgan fingerprint density at radius 2 is 1.46 bits per heavy atom. The Labute approximate surface area is 148 Å². The summed E-state index contributed by atoms with van der Waals surface area (Å²) in [6.07, 6.45) is 0.483. The molecule has 0 heterocycles. The van der Waals surface area contributed by atoms with Gasteiger partial charge in [-0.1, -0.05) is 5.12 Å². The number of hydrogen-bond acceptors (Lipinski definition) is 7. The van der Waals surface area contributed by atoms with Gasteiger partial charge in [-0.3, -0.25) is 0 Å². The topological polar surface area (TPSA) is 78.6 Å². The van der Waals surface area contributed by atoms with Gasteiger partial charge >= 0.3 is 6.07 Å². The number of hydrogen-bond donors (Lipinski definition) is 4. The first-order valence-electron chi connectivity index (χ1n) is 8.55. The number of rotatable bonds is 10. The van der Waals surface area contributed by atoms with Crippen molar-refractivity contribution < 1.29 is 9.79 Å². The monoisotopic (exact) mass is 363 g/mol. The highest BCUT2D eigenvalue weighted by atomic mass is 31.2. The molecule has 0 fully saturated rings. The first kappa shape index (κ1) is 23.5. The first-order valence-corrected chi connectivity index (χ1v) is 9.75. The predicted octanol–water partition coefficient (Wildman–Crippen LogP) is 2.30. The van der Waals surface area contributed by atoms with Gasteiger partial charge in [-0.25, -0.2) is 10.9 Å². The molecule has 8 nitrogen and oxygen atoms in total. The first-order chi connectivity index (χ1) is 11.1. The number of nitrogens with zero attached hydrogens (tertiary/aromatic N) is 4. The second kappa shape index (κ2) is 11.9. The van der Waals surface area contributed by atoms with E-state index in [0.717, 1.165) is 0 Å². The lowest BCUT2D eigenvalue weighted by Crippen LogP contribution is -2.56. The van der Waals surface area contributed by atoms with Crippen molar-refractivity contribution in [3.8, 4) is 6.07 Å². The van der Waals surface area contributed by atoms with Gasteiger partial charge in [-0.15, -0.1) is 0 Å².